The van der Waals surface area contributed by atoms with Crippen LogP contribution in [0, 0.1) is 5.92 Å². The first-order valence-electron chi connectivity index (χ1n) is 9.60. The van der Waals surface area contributed by atoms with E-state index in [0.717, 1.165) is 47.2 Å². The van der Waals surface area contributed by atoms with Crippen LogP contribution in [0.25, 0.3) is 10.2 Å². The van der Waals surface area contributed by atoms with E-state index in [1.165, 1.54) is 22.2 Å². The third-order valence-electron chi connectivity index (χ3n) is 5.16. The fraction of sp³-hybridized carbons (Fsp3) is 0.381. The normalized spacial score (nSPS) is 16.1. The van der Waals surface area contributed by atoms with E-state index in [1.54, 1.807) is 11.3 Å². The number of thiophene rings is 1. The highest BCUT2D eigenvalue weighted by Gasteiger charge is 2.23. The number of carbonyl (C=O) groups is 1. The van der Waals surface area contributed by atoms with Gasteiger partial charge >= 0.3 is 0 Å². The minimum Gasteiger partial charge on any atom is -0.325 e. The fourth-order valence-electron chi connectivity index (χ4n) is 3.67. The minimum atomic E-state index is -0.104. The van der Waals surface area contributed by atoms with Crippen LogP contribution in [0.5, 0.6) is 0 Å². The molecular formula is C21H23N3O2S2. The maximum absolute atomic E-state index is 12.6. The molecule has 2 N–H and O–H groups in total. The van der Waals surface area contributed by atoms with Gasteiger partial charge in [0.15, 0.2) is 5.16 Å². The van der Waals surface area contributed by atoms with E-state index in [9.17, 15) is 9.59 Å². The lowest BCUT2D eigenvalue weighted by Crippen LogP contribution is -2.16. The Morgan fingerprint density at radius 3 is 3.04 bits per heavy atom. The van der Waals surface area contributed by atoms with Gasteiger partial charge in [-0.2, -0.15) is 0 Å². The maximum Gasteiger partial charge on any atom is 0.260 e. The quantitative estimate of drug-likeness (QED) is 0.480. The van der Waals surface area contributed by atoms with Gasteiger partial charge in [-0.25, -0.2) is 4.98 Å². The fourth-order valence-corrected chi connectivity index (χ4v) is 5.77. The van der Waals surface area contributed by atoms with Crippen molar-refractivity contribution in [2.45, 2.75) is 44.7 Å². The van der Waals surface area contributed by atoms with Crippen molar-refractivity contribution in [2.75, 3.05) is 11.1 Å². The van der Waals surface area contributed by atoms with E-state index in [0.29, 0.717) is 11.1 Å². The second-order valence-corrected chi connectivity index (χ2v) is 9.30. The second kappa shape index (κ2) is 8.09. The van der Waals surface area contributed by atoms with Crippen molar-refractivity contribution in [3.63, 3.8) is 0 Å². The summed E-state index contributed by atoms with van der Waals surface area (Å²) in [5.74, 6) is 0.755. The molecule has 146 valence electrons. The lowest BCUT2D eigenvalue weighted by Gasteiger charge is -2.17. The van der Waals surface area contributed by atoms with E-state index in [-0.39, 0.29) is 17.2 Å². The summed E-state index contributed by atoms with van der Waals surface area (Å²) < 4.78 is 0. The molecule has 1 amide bonds. The van der Waals surface area contributed by atoms with Crippen molar-refractivity contribution in [3.05, 3.63) is 50.6 Å². The standard InChI is InChI=1S/C21H23N3O2S2/c1-3-13-6-4-5-7-15(13)22-17(25)11-27-21-23-19(26)18-14-9-8-12(2)10-16(14)28-20(18)24-21/h4-7,12H,3,8-11H2,1-2H3,(H,22,25)(H,23,24,26)/t12-/m0/s1. The number of aromatic amines is 1. The molecule has 7 heteroatoms. The summed E-state index contributed by atoms with van der Waals surface area (Å²) in [5, 5.41) is 4.20. The van der Waals surface area contributed by atoms with Gasteiger partial charge in [0.25, 0.3) is 5.56 Å². The summed E-state index contributed by atoms with van der Waals surface area (Å²) in [7, 11) is 0. The van der Waals surface area contributed by atoms with Crippen LogP contribution in [-0.4, -0.2) is 21.6 Å². The highest BCUT2D eigenvalue weighted by Crippen LogP contribution is 2.36. The molecule has 5 nitrogen and oxygen atoms in total. The van der Waals surface area contributed by atoms with Gasteiger partial charge < -0.3 is 10.3 Å². The molecule has 1 aliphatic rings. The van der Waals surface area contributed by atoms with Crippen molar-refractivity contribution < 1.29 is 4.79 Å². The molecule has 0 radical (unpaired) electrons. The number of nitrogens with zero attached hydrogens (tertiary/aromatic N) is 1. The summed E-state index contributed by atoms with van der Waals surface area (Å²) >= 11 is 2.89. The van der Waals surface area contributed by atoms with E-state index in [2.05, 4.69) is 29.1 Å². The molecule has 0 fully saturated rings. The topological polar surface area (TPSA) is 74.8 Å². The molecule has 0 spiro atoms. The van der Waals surface area contributed by atoms with Crippen LogP contribution in [0.4, 0.5) is 5.69 Å². The zero-order valence-electron chi connectivity index (χ0n) is 16.0. The average molecular weight is 414 g/mol. The van der Waals surface area contributed by atoms with Gasteiger partial charge in [0.1, 0.15) is 4.83 Å². The molecule has 1 aromatic carbocycles. The zero-order valence-corrected chi connectivity index (χ0v) is 17.6. The number of thioether (sulfide) groups is 1. The van der Waals surface area contributed by atoms with Gasteiger partial charge in [0.05, 0.1) is 11.1 Å². The summed E-state index contributed by atoms with van der Waals surface area (Å²) in [6.07, 6.45) is 3.95. The van der Waals surface area contributed by atoms with Crippen LogP contribution in [-0.2, 0) is 24.1 Å². The highest BCUT2D eigenvalue weighted by molar-refractivity contribution is 7.99. The van der Waals surface area contributed by atoms with Crippen LogP contribution in [0.2, 0.25) is 0 Å². The summed E-state index contributed by atoms with van der Waals surface area (Å²) in [6, 6.07) is 7.79. The van der Waals surface area contributed by atoms with E-state index >= 15 is 0 Å². The molecule has 3 aromatic rings. The third-order valence-corrected chi connectivity index (χ3v) is 7.18. The highest BCUT2D eigenvalue weighted by atomic mass is 32.2. The maximum atomic E-state index is 12.6. The lowest BCUT2D eigenvalue weighted by molar-refractivity contribution is -0.113. The van der Waals surface area contributed by atoms with Crippen LogP contribution >= 0.6 is 23.1 Å². The molecule has 1 atom stereocenters. The number of carbonyl (C=O) groups excluding carboxylic acids is 1. The molecule has 2 aromatic heterocycles. The number of H-pyrrole nitrogens is 1. The lowest BCUT2D eigenvalue weighted by atomic mass is 9.89. The van der Waals surface area contributed by atoms with Crippen molar-refractivity contribution in [1.29, 1.82) is 0 Å². The Morgan fingerprint density at radius 1 is 1.39 bits per heavy atom. The molecular weight excluding hydrogens is 390 g/mol. The first kappa shape index (κ1) is 19.2. The molecule has 0 saturated carbocycles. The van der Waals surface area contributed by atoms with E-state index < -0.39 is 0 Å². The van der Waals surface area contributed by atoms with Crippen LogP contribution in [0.3, 0.4) is 0 Å². The first-order chi connectivity index (χ1) is 13.5. The Bertz CT molecular complexity index is 1090. The third kappa shape index (κ3) is 3.86. The molecule has 0 unspecified atom stereocenters. The zero-order chi connectivity index (χ0) is 19.7. The van der Waals surface area contributed by atoms with Gasteiger partial charge in [0, 0.05) is 10.6 Å². The van der Waals surface area contributed by atoms with E-state index in [4.69, 9.17) is 0 Å². The van der Waals surface area contributed by atoms with Gasteiger partial charge in [-0.15, -0.1) is 11.3 Å². The summed E-state index contributed by atoms with van der Waals surface area (Å²) in [5.41, 5.74) is 3.04. The number of nitrogens with one attached hydrogen (secondary N) is 2. The Morgan fingerprint density at radius 2 is 2.21 bits per heavy atom. The van der Waals surface area contributed by atoms with Crippen molar-refractivity contribution in [3.8, 4) is 0 Å². The SMILES string of the molecule is CCc1ccccc1NC(=O)CSc1nc2sc3c(c2c(=O)[nH]1)CC[C@H](C)C3. The number of para-hydroxylation sites is 1. The number of anilines is 1. The Balaban J connectivity index is 1.49. The van der Waals surface area contributed by atoms with E-state index in [1.807, 2.05) is 24.3 Å². The number of amides is 1. The summed E-state index contributed by atoms with van der Waals surface area (Å²) in [6.45, 7) is 4.31. The number of hydrogen-bond acceptors (Lipinski definition) is 5. The number of aromatic nitrogens is 2. The Hall–Kier alpha value is -2.12. The molecule has 2 heterocycles. The summed E-state index contributed by atoms with van der Waals surface area (Å²) in [4.78, 5) is 34.6. The van der Waals surface area contributed by atoms with Crippen molar-refractivity contribution >= 4 is 44.9 Å². The van der Waals surface area contributed by atoms with Gasteiger partial charge in [-0.1, -0.05) is 43.8 Å². The van der Waals surface area contributed by atoms with Gasteiger partial charge in [0.2, 0.25) is 5.91 Å². The average Bonchev–Trinajstić information content (AvgIpc) is 3.04. The largest absolute Gasteiger partial charge is 0.325 e. The predicted molar refractivity (Wildman–Crippen MR) is 117 cm³/mol. The smallest absolute Gasteiger partial charge is 0.260 e. The number of fused-ring (bicyclic) bond motifs is 3. The first-order valence-corrected chi connectivity index (χ1v) is 11.4. The van der Waals surface area contributed by atoms with Gasteiger partial charge in [-0.05, 0) is 48.8 Å². The second-order valence-electron chi connectivity index (χ2n) is 7.25. The molecule has 4 rings (SSSR count). The van der Waals surface area contributed by atoms with Crippen molar-refractivity contribution in [1.82, 2.24) is 9.97 Å². The molecule has 0 aliphatic heterocycles. The molecule has 1 aliphatic carbocycles. The number of benzene rings is 1. The number of rotatable bonds is 5. The Kier molecular flexibility index (Phi) is 5.55. The predicted octanol–water partition coefficient (Wildman–Crippen LogP) is 4.40. The van der Waals surface area contributed by atoms with Crippen molar-refractivity contribution in [2.24, 2.45) is 5.92 Å². The number of aryl methyl sites for hydroxylation is 2. The Labute approximate surface area is 172 Å². The van der Waals surface area contributed by atoms with Crippen LogP contribution < -0.4 is 10.9 Å². The van der Waals surface area contributed by atoms with Gasteiger partial charge in [-0.3, -0.25) is 9.59 Å². The molecule has 28 heavy (non-hydrogen) atoms. The number of hydrogen-bond donors (Lipinski definition) is 2. The van der Waals surface area contributed by atoms with Crippen LogP contribution in [0.1, 0.15) is 36.3 Å². The van der Waals surface area contributed by atoms with Crippen LogP contribution in [0.15, 0.2) is 34.2 Å². The minimum absolute atomic E-state index is 0.0868. The molecule has 0 saturated heterocycles. The monoisotopic (exact) mass is 413 g/mol. The molecule has 0 bridgehead atoms.